The van der Waals surface area contributed by atoms with Gasteiger partial charge in [-0.2, -0.15) is 0 Å². The molecule has 3 heterocycles. The molecule has 0 aliphatic carbocycles. The van der Waals surface area contributed by atoms with Crippen molar-refractivity contribution < 1.29 is 4.79 Å². The van der Waals surface area contributed by atoms with Crippen LogP contribution in [0.3, 0.4) is 0 Å². The van der Waals surface area contributed by atoms with Crippen molar-refractivity contribution >= 4 is 17.4 Å². The number of hydrogen-bond donors (Lipinski definition) is 0. The zero-order valence-corrected chi connectivity index (χ0v) is 17.0. The van der Waals surface area contributed by atoms with Crippen LogP contribution in [0, 0.1) is 12.8 Å². The first-order valence-electron chi connectivity index (χ1n) is 10.4. The number of amides is 1. The number of carbonyl (C=O) groups is 1. The van der Waals surface area contributed by atoms with Crippen molar-refractivity contribution in [3.8, 4) is 0 Å². The van der Waals surface area contributed by atoms with E-state index in [2.05, 4.69) is 52.9 Å². The fourth-order valence-corrected chi connectivity index (χ4v) is 4.11. The summed E-state index contributed by atoms with van der Waals surface area (Å²) in [5.41, 5.74) is 3.30. The van der Waals surface area contributed by atoms with Gasteiger partial charge in [-0.1, -0.05) is 19.1 Å². The highest BCUT2D eigenvalue weighted by atomic mass is 16.2. The lowest BCUT2D eigenvalue weighted by atomic mass is 9.99. The number of likely N-dealkylation sites (tertiary alicyclic amines) is 1. The molecule has 0 radical (unpaired) electrons. The second-order valence-electron chi connectivity index (χ2n) is 8.19. The minimum absolute atomic E-state index is 0.121. The van der Waals surface area contributed by atoms with Gasteiger partial charge in [-0.15, -0.1) is 0 Å². The number of carbonyl (C=O) groups excluding carboxylic acids is 1. The van der Waals surface area contributed by atoms with E-state index < -0.39 is 0 Å². The van der Waals surface area contributed by atoms with Gasteiger partial charge in [0, 0.05) is 51.2 Å². The number of nitrogens with zero attached hydrogens (tertiary/aromatic N) is 4. The van der Waals surface area contributed by atoms with Crippen LogP contribution in [0.1, 0.15) is 35.7 Å². The van der Waals surface area contributed by atoms with E-state index in [1.807, 2.05) is 17.0 Å². The molecule has 2 fully saturated rings. The number of benzene rings is 1. The Morgan fingerprint density at radius 1 is 0.964 bits per heavy atom. The molecule has 5 heteroatoms. The molecular weight excluding hydrogens is 348 g/mol. The van der Waals surface area contributed by atoms with E-state index in [1.54, 1.807) is 6.20 Å². The lowest BCUT2D eigenvalue weighted by Crippen LogP contribution is -2.46. The number of aryl methyl sites for hydroxylation is 1. The zero-order chi connectivity index (χ0) is 19.5. The smallest absolute Gasteiger partial charge is 0.255 e. The second kappa shape index (κ2) is 8.21. The molecule has 0 bridgehead atoms. The molecule has 2 aromatic rings. The third-order valence-corrected chi connectivity index (χ3v) is 6.04. The maximum Gasteiger partial charge on any atom is 0.255 e. The van der Waals surface area contributed by atoms with Gasteiger partial charge in [-0.05, 0) is 55.5 Å². The van der Waals surface area contributed by atoms with Crippen LogP contribution < -0.4 is 9.80 Å². The number of hydrogen-bond acceptors (Lipinski definition) is 4. The van der Waals surface area contributed by atoms with Crippen molar-refractivity contribution in [1.29, 1.82) is 0 Å². The van der Waals surface area contributed by atoms with Crippen LogP contribution in [0.15, 0.2) is 42.6 Å². The van der Waals surface area contributed by atoms with Crippen molar-refractivity contribution in [1.82, 2.24) is 9.88 Å². The zero-order valence-electron chi connectivity index (χ0n) is 17.0. The van der Waals surface area contributed by atoms with Crippen LogP contribution >= 0.6 is 0 Å². The summed E-state index contributed by atoms with van der Waals surface area (Å²) in [5, 5.41) is 0. The lowest BCUT2D eigenvalue weighted by molar-refractivity contribution is 0.0697. The van der Waals surface area contributed by atoms with E-state index in [4.69, 9.17) is 0 Å². The summed E-state index contributed by atoms with van der Waals surface area (Å²) in [5.74, 6) is 1.81. The summed E-state index contributed by atoms with van der Waals surface area (Å²) >= 11 is 0. The van der Waals surface area contributed by atoms with Gasteiger partial charge in [0.05, 0.1) is 5.56 Å². The number of piperidine rings is 1. The molecular formula is C23H30N4O. The van der Waals surface area contributed by atoms with Crippen LogP contribution in [-0.2, 0) is 0 Å². The van der Waals surface area contributed by atoms with E-state index in [0.717, 1.165) is 63.8 Å². The van der Waals surface area contributed by atoms with Crippen molar-refractivity contribution in [2.24, 2.45) is 5.92 Å². The first-order chi connectivity index (χ1) is 13.6. The van der Waals surface area contributed by atoms with Gasteiger partial charge in [0.25, 0.3) is 5.91 Å². The maximum atomic E-state index is 12.7. The first kappa shape index (κ1) is 18.8. The summed E-state index contributed by atoms with van der Waals surface area (Å²) in [4.78, 5) is 24.0. The molecule has 1 aromatic heterocycles. The molecule has 0 spiro atoms. The minimum atomic E-state index is 0.121. The molecule has 2 saturated heterocycles. The van der Waals surface area contributed by atoms with Crippen LogP contribution in [0.5, 0.6) is 0 Å². The number of rotatable bonds is 3. The fraction of sp³-hybridized carbons (Fsp3) is 0.478. The third kappa shape index (κ3) is 4.13. The lowest BCUT2D eigenvalue weighted by Gasteiger charge is -2.37. The van der Waals surface area contributed by atoms with E-state index in [0.29, 0.717) is 5.56 Å². The molecule has 28 heavy (non-hydrogen) atoms. The average molecular weight is 379 g/mol. The molecule has 1 aromatic carbocycles. The Balaban J connectivity index is 1.35. The summed E-state index contributed by atoms with van der Waals surface area (Å²) in [6.07, 6.45) is 3.95. The first-order valence-corrected chi connectivity index (χ1v) is 10.4. The Hall–Kier alpha value is -2.56. The quantitative estimate of drug-likeness (QED) is 0.818. The molecule has 0 N–H and O–H groups in total. The van der Waals surface area contributed by atoms with E-state index in [1.165, 1.54) is 11.3 Å². The van der Waals surface area contributed by atoms with Crippen LogP contribution in [0.25, 0.3) is 0 Å². The normalized spacial score (nSPS) is 18.4. The topological polar surface area (TPSA) is 39.7 Å². The highest BCUT2D eigenvalue weighted by molar-refractivity contribution is 5.94. The van der Waals surface area contributed by atoms with Crippen LogP contribution in [0.4, 0.5) is 11.5 Å². The summed E-state index contributed by atoms with van der Waals surface area (Å²) in [7, 11) is 0. The molecule has 0 unspecified atom stereocenters. The summed E-state index contributed by atoms with van der Waals surface area (Å²) in [6.45, 7) is 9.98. The third-order valence-electron chi connectivity index (χ3n) is 6.04. The molecule has 4 rings (SSSR count). The molecule has 2 aliphatic heterocycles. The monoisotopic (exact) mass is 378 g/mol. The van der Waals surface area contributed by atoms with Crippen molar-refractivity contribution in [2.75, 3.05) is 49.1 Å². The van der Waals surface area contributed by atoms with Gasteiger partial charge in [-0.25, -0.2) is 4.98 Å². The largest absolute Gasteiger partial charge is 0.368 e. The van der Waals surface area contributed by atoms with Crippen LogP contribution in [0.2, 0.25) is 0 Å². The van der Waals surface area contributed by atoms with Crippen LogP contribution in [-0.4, -0.2) is 55.1 Å². The van der Waals surface area contributed by atoms with Gasteiger partial charge in [0.1, 0.15) is 5.82 Å². The molecule has 5 nitrogen and oxygen atoms in total. The Bertz CT molecular complexity index is 804. The van der Waals surface area contributed by atoms with E-state index in [9.17, 15) is 4.79 Å². The standard InChI is InChI=1S/C23H30N4O/c1-18-8-10-27(11-9-18)23(28)20-6-7-22(24-17-20)26-14-12-25(13-15-26)21-5-3-4-19(2)16-21/h3-7,16-18H,8-15H2,1-2H3. The van der Waals surface area contributed by atoms with Gasteiger partial charge < -0.3 is 14.7 Å². The van der Waals surface area contributed by atoms with Gasteiger partial charge in [0.15, 0.2) is 0 Å². The summed E-state index contributed by atoms with van der Waals surface area (Å²) < 4.78 is 0. The fourth-order valence-electron chi connectivity index (χ4n) is 4.11. The summed E-state index contributed by atoms with van der Waals surface area (Å²) in [6, 6.07) is 12.6. The predicted molar refractivity (Wildman–Crippen MR) is 114 cm³/mol. The predicted octanol–water partition coefficient (Wildman–Crippen LogP) is 3.59. The highest BCUT2D eigenvalue weighted by Gasteiger charge is 2.23. The van der Waals surface area contributed by atoms with E-state index >= 15 is 0 Å². The molecule has 0 saturated carbocycles. The molecule has 2 aliphatic rings. The minimum Gasteiger partial charge on any atom is -0.368 e. The van der Waals surface area contributed by atoms with Gasteiger partial charge in [-0.3, -0.25) is 4.79 Å². The van der Waals surface area contributed by atoms with Crippen molar-refractivity contribution in [3.05, 3.63) is 53.7 Å². The van der Waals surface area contributed by atoms with E-state index in [-0.39, 0.29) is 5.91 Å². The van der Waals surface area contributed by atoms with Crippen molar-refractivity contribution in [2.45, 2.75) is 26.7 Å². The maximum absolute atomic E-state index is 12.7. The Labute approximate surface area is 168 Å². The number of anilines is 2. The van der Waals surface area contributed by atoms with Gasteiger partial charge in [0.2, 0.25) is 0 Å². The molecule has 0 atom stereocenters. The SMILES string of the molecule is Cc1cccc(N2CCN(c3ccc(C(=O)N4CCC(C)CC4)cn3)CC2)c1. The number of aromatic nitrogens is 1. The Morgan fingerprint density at radius 3 is 2.32 bits per heavy atom. The number of pyridine rings is 1. The average Bonchev–Trinajstić information content (AvgIpc) is 2.74. The highest BCUT2D eigenvalue weighted by Crippen LogP contribution is 2.22. The molecule has 1 amide bonds. The molecule has 148 valence electrons. The van der Waals surface area contributed by atoms with Crippen molar-refractivity contribution in [3.63, 3.8) is 0 Å². The Morgan fingerprint density at radius 2 is 1.68 bits per heavy atom. The second-order valence-corrected chi connectivity index (χ2v) is 8.19. The number of piperazine rings is 1. The van der Waals surface area contributed by atoms with Gasteiger partial charge >= 0.3 is 0 Å². The Kier molecular flexibility index (Phi) is 5.51.